The Morgan fingerprint density at radius 2 is 2.18 bits per heavy atom. The first kappa shape index (κ1) is 7.72. The van der Waals surface area contributed by atoms with Gasteiger partial charge in [0, 0.05) is 0 Å². The third-order valence-corrected chi connectivity index (χ3v) is 1.47. The van der Waals surface area contributed by atoms with Gasteiger partial charge in [0.15, 0.2) is 11.4 Å². The molecule has 0 spiro atoms. The van der Waals surface area contributed by atoms with Gasteiger partial charge >= 0.3 is 0 Å². The first-order valence-corrected chi connectivity index (χ1v) is 3.33. The van der Waals surface area contributed by atoms with Gasteiger partial charge in [-0.1, -0.05) is 6.07 Å². The zero-order valence-corrected chi connectivity index (χ0v) is 6.66. The van der Waals surface area contributed by atoms with E-state index in [4.69, 9.17) is 10.3 Å². The van der Waals surface area contributed by atoms with Gasteiger partial charge in [-0.3, -0.25) is 0 Å². The van der Waals surface area contributed by atoms with Crippen LogP contribution < -0.4 is 10.3 Å². The molecule has 0 heterocycles. The summed E-state index contributed by atoms with van der Waals surface area (Å²) in [7, 11) is 1.60. The molecule has 0 aliphatic carbocycles. The van der Waals surface area contributed by atoms with Crippen LogP contribution in [-0.4, -0.2) is 7.11 Å². The number of aryl methyl sites for hydroxylation is 1. The van der Waals surface area contributed by atoms with Gasteiger partial charge in [-0.25, -0.2) is 0 Å². The molecular formula is C8H11N2O+. The van der Waals surface area contributed by atoms with E-state index in [1.165, 1.54) is 0 Å². The van der Waals surface area contributed by atoms with Crippen LogP contribution in [0, 0.1) is 6.92 Å². The molecule has 0 radical (unpaired) electrons. The molecule has 58 valence electrons. The molecule has 1 rings (SSSR count). The highest BCUT2D eigenvalue weighted by Crippen LogP contribution is 2.26. The number of hydrogen-bond acceptors (Lipinski definition) is 2. The standard InChI is InChI=1S/C8H10N2O/c1-6-3-4-7(10-9)8(5-6)11-2/h3-5,9H,1-2H3/p+1. The van der Waals surface area contributed by atoms with Crippen molar-refractivity contribution in [1.29, 1.82) is 0 Å². The minimum Gasteiger partial charge on any atom is -0.494 e. The van der Waals surface area contributed by atoms with Crippen LogP contribution in [0.25, 0.3) is 0 Å². The van der Waals surface area contributed by atoms with Crippen LogP contribution in [0.2, 0.25) is 0 Å². The Labute approximate surface area is 65.5 Å². The summed E-state index contributed by atoms with van der Waals surface area (Å²) in [6, 6.07) is 5.66. The maximum atomic E-state index is 5.12. The van der Waals surface area contributed by atoms with Crippen molar-refractivity contribution in [1.82, 2.24) is 0 Å². The summed E-state index contributed by atoms with van der Waals surface area (Å²) in [6.07, 6.45) is 0. The van der Waals surface area contributed by atoms with Crippen molar-refractivity contribution >= 4 is 5.69 Å². The first-order chi connectivity index (χ1) is 5.27. The van der Waals surface area contributed by atoms with Gasteiger partial charge in [-0.05, 0) is 29.7 Å². The van der Waals surface area contributed by atoms with Gasteiger partial charge < -0.3 is 4.74 Å². The predicted molar refractivity (Wildman–Crippen MR) is 41.7 cm³/mol. The van der Waals surface area contributed by atoms with E-state index < -0.39 is 0 Å². The number of ether oxygens (including phenoxy) is 1. The molecule has 1 aromatic carbocycles. The number of nitrogens with two attached hydrogens (primary N) is 1. The molecule has 0 saturated heterocycles. The lowest BCUT2D eigenvalue weighted by molar-refractivity contribution is -0.210. The summed E-state index contributed by atoms with van der Waals surface area (Å²) in [5.41, 5.74) is 6.93. The Morgan fingerprint density at radius 3 is 2.73 bits per heavy atom. The quantitative estimate of drug-likeness (QED) is 0.626. The molecule has 0 unspecified atom stereocenters. The van der Waals surface area contributed by atoms with Crippen LogP contribution in [0.15, 0.2) is 23.3 Å². The van der Waals surface area contributed by atoms with Crippen LogP contribution in [0.5, 0.6) is 5.75 Å². The SMILES string of the molecule is COc1cc(C)ccc1N=[NH2+]. The highest BCUT2D eigenvalue weighted by Gasteiger charge is 2.01. The molecule has 0 aromatic heterocycles. The summed E-state index contributed by atoms with van der Waals surface area (Å²) in [5, 5.41) is 3.56. The summed E-state index contributed by atoms with van der Waals surface area (Å²) in [5.74, 6) is 0.715. The average molecular weight is 151 g/mol. The fourth-order valence-corrected chi connectivity index (χ4v) is 0.891. The van der Waals surface area contributed by atoms with Gasteiger partial charge in [0.25, 0.3) is 0 Å². The number of benzene rings is 1. The Bertz CT molecular complexity index is 271. The monoisotopic (exact) mass is 151 g/mol. The predicted octanol–water partition coefficient (Wildman–Crippen LogP) is 0.846. The molecule has 0 saturated carbocycles. The van der Waals surface area contributed by atoms with Crippen molar-refractivity contribution in [3.63, 3.8) is 0 Å². The molecule has 11 heavy (non-hydrogen) atoms. The second-order valence-corrected chi connectivity index (χ2v) is 2.30. The topological polar surface area (TPSA) is 47.2 Å². The second-order valence-electron chi connectivity index (χ2n) is 2.30. The lowest BCUT2D eigenvalue weighted by atomic mass is 10.2. The van der Waals surface area contributed by atoms with Crippen LogP contribution in [0.1, 0.15) is 5.56 Å². The lowest BCUT2D eigenvalue weighted by Gasteiger charge is -2.01. The van der Waals surface area contributed by atoms with Crippen molar-refractivity contribution in [2.75, 3.05) is 7.11 Å². The molecule has 0 aliphatic heterocycles. The van der Waals surface area contributed by atoms with Crippen molar-refractivity contribution in [2.45, 2.75) is 6.92 Å². The maximum absolute atomic E-state index is 5.12. The molecule has 1 aromatic rings. The van der Waals surface area contributed by atoms with Gasteiger partial charge in [0.05, 0.1) is 7.11 Å². The van der Waals surface area contributed by atoms with E-state index in [0.717, 1.165) is 5.56 Å². The van der Waals surface area contributed by atoms with Crippen molar-refractivity contribution < 1.29 is 10.3 Å². The van der Waals surface area contributed by atoms with Crippen LogP contribution in [0.3, 0.4) is 0 Å². The van der Waals surface area contributed by atoms with Gasteiger partial charge in [0.1, 0.15) is 0 Å². The van der Waals surface area contributed by atoms with Crippen LogP contribution >= 0.6 is 0 Å². The van der Waals surface area contributed by atoms with Crippen LogP contribution in [-0.2, 0) is 0 Å². The maximum Gasteiger partial charge on any atom is 0.171 e. The van der Waals surface area contributed by atoms with Crippen LogP contribution in [0.4, 0.5) is 5.69 Å². The molecule has 3 heteroatoms. The normalized spacial score (nSPS) is 9.27. The molecule has 0 amide bonds. The molecule has 0 atom stereocenters. The van der Waals surface area contributed by atoms with Gasteiger partial charge in [0.2, 0.25) is 0 Å². The van der Waals surface area contributed by atoms with Crippen molar-refractivity contribution in [2.24, 2.45) is 5.11 Å². The van der Waals surface area contributed by atoms with E-state index in [2.05, 4.69) is 5.11 Å². The smallest absolute Gasteiger partial charge is 0.171 e. The average Bonchev–Trinajstić information content (AvgIpc) is 2.04. The van der Waals surface area contributed by atoms with Gasteiger partial charge in [-0.15, -0.1) is 0 Å². The summed E-state index contributed by atoms with van der Waals surface area (Å²) in [6.45, 7) is 1.99. The van der Waals surface area contributed by atoms with E-state index in [0.29, 0.717) is 11.4 Å². The summed E-state index contributed by atoms with van der Waals surface area (Å²) < 4.78 is 5.04. The van der Waals surface area contributed by atoms with Crippen molar-refractivity contribution in [3.8, 4) is 5.75 Å². The van der Waals surface area contributed by atoms with Crippen molar-refractivity contribution in [3.05, 3.63) is 23.8 Å². The van der Waals surface area contributed by atoms with E-state index in [1.54, 1.807) is 7.11 Å². The molecule has 2 N–H and O–H groups in total. The largest absolute Gasteiger partial charge is 0.494 e. The Balaban J connectivity index is 3.16. The highest BCUT2D eigenvalue weighted by molar-refractivity contribution is 5.52. The first-order valence-electron chi connectivity index (χ1n) is 3.33. The Morgan fingerprint density at radius 1 is 1.45 bits per heavy atom. The van der Waals surface area contributed by atoms with E-state index >= 15 is 0 Å². The molecule has 0 bridgehead atoms. The third kappa shape index (κ3) is 1.55. The third-order valence-electron chi connectivity index (χ3n) is 1.47. The molecule has 3 nitrogen and oxygen atoms in total. The summed E-state index contributed by atoms with van der Waals surface area (Å²) in [4.78, 5) is 0. The lowest BCUT2D eigenvalue weighted by Crippen LogP contribution is -2.22. The fraction of sp³-hybridized carbons (Fsp3) is 0.250. The highest BCUT2D eigenvalue weighted by atomic mass is 16.5. The summed E-state index contributed by atoms with van der Waals surface area (Å²) >= 11 is 0. The second kappa shape index (κ2) is 3.14. The zero-order valence-electron chi connectivity index (χ0n) is 6.66. The van der Waals surface area contributed by atoms with E-state index in [9.17, 15) is 0 Å². The molecule has 0 fully saturated rings. The fourth-order valence-electron chi connectivity index (χ4n) is 0.891. The zero-order chi connectivity index (χ0) is 8.27. The minimum atomic E-state index is 0.679. The number of hydrogen-bond donors (Lipinski definition) is 1. The Kier molecular flexibility index (Phi) is 2.21. The minimum absolute atomic E-state index is 0.679. The number of methoxy groups -OCH3 is 1. The number of rotatable bonds is 2. The number of nitrogens with zero attached hydrogens (tertiary/aromatic N) is 1. The van der Waals surface area contributed by atoms with Gasteiger partial charge in [-0.2, -0.15) is 5.53 Å². The van der Waals surface area contributed by atoms with E-state index in [-0.39, 0.29) is 0 Å². The molecular weight excluding hydrogens is 140 g/mol. The van der Waals surface area contributed by atoms with E-state index in [1.807, 2.05) is 25.1 Å². The molecule has 0 aliphatic rings. The Hall–Kier alpha value is -1.38.